The second-order valence-electron chi connectivity index (χ2n) is 2.15. The van der Waals surface area contributed by atoms with Crippen molar-refractivity contribution >= 4 is 30.4 Å². The molecule has 0 saturated carbocycles. The molecular formula is C6H5N3S2. The van der Waals surface area contributed by atoms with Crippen LogP contribution in [0, 0.1) is 4.64 Å². The van der Waals surface area contributed by atoms with Crippen LogP contribution in [-0.4, -0.2) is 14.6 Å². The predicted molar refractivity (Wildman–Crippen MR) is 47.6 cm³/mol. The minimum Gasteiger partial charge on any atom is -0.283 e. The Morgan fingerprint density at radius 1 is 1.64 bits per heavy atom. The second kappa shape index (κ2) is 2.35. The van der Waals surface area contributed by atoms with Gasteiger partial charge in [0.1, 0.15) is 11.8 Å². The van der Waals surface area contributed by atoms with E-state index in [-0.39, 0.29) is 0 Å². The first-order valence-electron chi connectivity index (χ1n) is 3.02. The van der Waals surface area contributed by atoms with Gasteiger partial charge in [0.25, 0.3) is 0 Å². The number of nitrogens with one attached hydrogen (secondary N) is 1. The van der Waals surface area contributed by atoms with E-state index in [4.69, 9.17) is 12.2 Å². The fraction of sp³-hybridized carbons (Fsp3) is 0. The molecule has 0 aliphatic carbocycles. The van der Waals surface area contributed by atoms with Gasteiger partial charge < -0.3 is 0 Å². The molecule has 0 aromatic carbocycles. The Morgan fingerprint density at radius 3 is 3.18 bits per heavy atom. The zero-order valence-electron chi connectivity index (χ0n) is 5.48. The Bertz CT molecular complexity index is 442. The van der Waals surface area contributed by atoms with Crippen LogP contribution in [0.5, 0.6) is 0 Å². The van der Waals surface area contributed by atoms with Gasteiger partial charge in [-0.1, -0.05) is 12.2 Å². The van der Waals surface area contributed by atoms with Crippen molar-refractivity contribution in [2.75, 3.05) is 0 Å². The first-order valence-corrected chi connectivity index (χ1v) is 3.88. The number of aromatic amines is 1. The quantitative estimate of drug-likeness (QED) is 0.481. The lowest BCUT2D eigenvalue weighted by Gasteiger charge is -1.90. The molecule has 1 N–H and O–H groups in total. The van der Waals surface area contributed by atoms with Crippen molar-refractivity contribution in [2.45, 2.75) is 4.90 Å². The fourth-order valence-corrected chi connectivity index (χ4v) is 1.38. The lowest BCUT2D eigenvalue weighted by molar-refractivity contribution is 0.893. The van der Waals surface area contributed by atoms with Gasteiger partial charge in [-0.3, -0.25) is 9.61 Å². The van der Waals surface area contributed by atoms with Crippen LogP contribution in [0.3, 0.4) is 0 Å². The van der Waals surface area contributed by atoms with Crippen LogP contribution < -0.4 is 0 Å². The summed E-state index contributed by atoms with van der Waals surface area (Å²) in [5, 5.41) is 2.90. The largest absolute Gasteiger partial charge is 0.283 e. The average Bonchev–Trinajstić information content (AvgIpc) is 2.31. The number of hydrogen-bond acceptors (Lipinski definition) is 3. The molecule has 0 saturated heterocycles. The smallest absolute Gasteiger partial charge is 0.153 e. The average molecular weight is 183 g/mol. The number of aromatic nitrogens is 3. The van der Waals surface area contributed by atoms with Gasteiger partial charge in [0, 0.05) is 11.1 Å². The SMILES string of the molecule is S=c1nc[nH]n2cc(S)cc12. The lowest BCUT2D eigenvalue weighted by atomic mass is 10.5. The van der Waals surface area contributed by atoms with Crippen LogP contribution in [-0.2, 0) is 0 Å². The van der Waals surface area contributed by atoms with Crippen molar-refractivity contribution in [1.29, 1.82) is 0 Å². The fourth-order valence-electron chi connectivity index (χ4n) is 0.936. The molecule has 0 amide bonds. The molecule has 11 heavy (non-hydrogen) atoms. The van der Waals surface area contributed by atoms with Crippen molar-refractivity contribution in [3.63, 3.8) is 0 Å². The molecule has 0 atom stereocenters. The third kappa shape index (κ3) is 1.06. The summed E-state index contributed by atoms with van der Waals surface area (Å²) in [6, 6.07) is 1.87. The van der Waals surface area contributed by atoms with Gasteiger partial charge in [0.05, 0.1) is 0 Å². The Hall–Kier alpha value is -0.810. The van der Waals surface area contributed by atoms with Crippen LogP contribution >= 0.6 is 24.8 Å². The number of rotatable bonds is 0. The molecular weight excluding hydrogens is 178 g/mol. The highest BCUT2D eigenvalue weighted by Crippen LogP contribution is 2.11. The predicted octanol–water partition coefficient (Wildman–Crippen LogP) is 1.68. The van der Waals surface area contributed by atoms with Gasteiger partial charge in [0.2, 0.25) is 0 Å². The lowest BCUT2D eigenvalue weighted by Crippen LogP contribution is -1.89. The molecule has 2 rings (SSSR count). The Morgan fingerprint density at radius 2 is 2.45 bits per heavy atom. The monoisotopic (exact) mass is 183 g/mol. The molecule has 0 bridgehead atoms. The zero-order valence-corrected chi connectivity index (χ0v) is 7.19. The van der Waals surface area contributed by atoms with Gasteiger partial charge in [0.15, 0.2) is 4.64 Å². The van der Waals surface area contributed by atoms with E-state index in [1.54, 1.807) is 10.8 Å². The van der Waals surface area contributed by atoms with E-state index in [1.165, 1.54) is 0 Å². The normalized spacial score (nSPS) is 10.6. The minimum absolute atomic E-state index is 0.587. The van der Waals surface area contributed by atoms with Crippen molar-refractivity contribution in [3.05, 3.63) is 23.2 Å². The topological polar surface area (TPSA) is 33.1 Å². The Labute approximate surface area is 73.5 Å². The van der Waals surface area contributed by atoms with Crippen LogP contribution in [0.4, 0.5) is 0 Å². The van der Waals surface area contributed by atoms with E-state index < -0.39 is 0 Å². The second-order valence-corrected chi connectivity index (χ2v) is 3.05. The van der Waals surface area contributed by atoms with E-state index in [9.17, 15) is 0 Å². The molecule has 5 heteroatoms. The summed E-state index contributed by atoms with van der Waals surface area (Å²) >= 11 is 9.16. The van der Waals surface area contributed by atoms with Crippen molar-refractivity contribution < 1.29 is 0 Å². The summed E-state index contributed by atoms with van der Waals surface area (Å²) in [6.07, 6.45) is 3.40. The standard InChI is InChI=1S/C6H5N3S2/c10-4-1-5-6(11)7-3-8-9(5)2-4/h1-3,10H,(H,7,8,11). The number of hydrogen-bond donors (Lipinski definition) is 2. The van der Waals surface area contributed by atoms with Crippen molar-refractivity contribution in [3.8, 4) is 0 Å². The molecule has 56 valence electrons. The zero-order chi connectivity index (χ0) is 7.84. The summed E-state index contributed by atoms with van der Waals surface area (Å²) in [7, 11) is 0. The van der Waals surface area contributed by atoms with Crippen molar-refractivity contribution in [1.82, 2.24) is 14.6 Å². The molecule has 0 radical (unpaired) electrons. The number of nitrogens with zero attached hydrogens (tertiary/aromatic N) is 2. The maximum Gasteiger partial charge on any atom is 0.153 e. The summed E-state index contributed by atoms with van der Waals surface area (Å²) in [5.41, 5.74) is 0.882. The number of H-pyrrole nitrogens is 1. The van der Waals surface area contributed by atoms with Crippen molar-refractivity contribution in [2.24, 2.45) is 0 Å². The molecule has 0 unspecified atom stereocenters. The van der Waals surface area contributed by atoms with Crippen LogP contribution in [0.1, 0.15) is 0 Å². The van der Waals surface area contributed by atoms with E-state index in [2.05, 4.69) is 22.7 Å². The number of fused-ring (bicyclic) bond motifs is 1. The maximum atomic E-state index is 4.98. The third-order valence-corrected chi connectivity index (χ3v) is 1.96. The summed E-state index contributed by atoms with van der Waals surface area (Å²) in [5.74, 6) is 0. The van der Waals surface area contributed by atoms with Crippen LogP contribution in [0.15, 0.2) is 23.5 Å². The highest BCUT2D eigenvalue weighted by molar-refractivity contribution is 7.80. The van der Waals surface area contributed by atoms with Gasteiger partial charge >= 0.3 is 0 Å². The van der Waals surface area contributed by atoms with Gasteiger partial charge in [-0.25, -0.2) is 4.98 Å². The third-order valence-electron chi connectivity index (χ3n) is 1.40. The summed E-state index contributed by atoms with van der Waals surface area (Å²) in [4.78, 5) is 4.80. The molecule has 3 nitrogen and oxygen atoms in total. The van der Waals surface area contributed by atoms with Crippen LogP contribution in [0.2, 0.25) is 0 Å². The van der Waals surface area contributed by atoms with Crippen LogP contribution in [0.25, 0.3) is 5.52 Å². The Balaban J connectivity index is 3.02. The Kier molecular flexibility index (Phi) is 1.47. The summed E-state index contributed by atoms with van der Waals surface area (Å²) < 4.78 is 2.38. The molecule has 2 heterocycles. The van der Waals surface area contributed by atoms with E-state index in [1.807, 2.05) is 12.3 Å². The van der Waals surface area contributed by atoms with E-state index >= 15 is 0 Å². The molecule has 0 aliphatic heterocycles. The first-order chi connectivity index (χ1) is 5.27. The highest BCUT2D eigenvalue weighted by Gasteiger charge is 1.96. The molecule has 0 spiro atoms. The molecule has 0 aliphatic rings. The molecule has 2 aromatic heterocycles. The van der Waals surface area contributed by atoms with E-state index in [0.29, 0.717) is 4.64 Å². The molecule has 0 fully saturated rings. The minimum atomic E-state index is 0.587. The first kappa shape index (κ1) is 6.87. The maximum absolute atomic E-state index is 4.98. The van der Waals surface area contributed by atoms with Gasteiger partial charge in [-0.05, 0) is 6.07 Å². The highest BCUT2D eigenvalue weighted by atomic mass is 32.1. The van der Waals surface area contributed by atoms with Gasteiger partial charge in [-0.2, -0.15) is 0 Å². The van der Waals surface area contributed by atoms with E-state index in [0.717, 1.165) is 10.4 Å². The van der Waals surface area contributed by atoms with Gasteiger partial charge in [-0.15, -0.1) is 12.6 Å². The molecule has 2 aromatic rings. The number of thiol groups is 1. The summed E-state index contributed by atoms with van der Waals surface area (Å²) in [6.45, 7) is 0.